The van der Waals surface area contributed by atoms with E-state index in [1.807, 2.05) is 45.0 Å². The van der Waals surface area contributed by atoms with Crippen molar-refractivity contribution >= 4 is 17.7 Å². The predicted octanol–water partition coefficient (Wildman–Crippen LogP) is 3.87. The molecule has 0 saturated heterocycles. The van der Waals surface area contributed by atoms with Crippen molar-refractivity contribution in [3.63, 3.8) is 0 Å². The fourth-order valence-corrected chi connectivity index (χ4v) is 2.38. The zero-order valence-electron chi connectivity index (χ0n) is 15.0. The molecule has 0 saturated carbocycles. The number of methoxy groups -OCH3 is 2. The van der Waals surface area contributed by atoms with Crippen molar-refractivity contribution in [1.82, 2.24) is 9.78 Å². The van der Waals surface area contributed by atoms with E-state index in [1.165, 1.54) is 6.07 Å². The fraction of sp³-hybridized carbons (Fsp3) is 0.263. The minimum absolute atomic E-state index is 0.0117. The summed E-state index contributed by atoms with van der Waals surface area (Å²) in [5.41, 5.74) is 3.63. The Hall–Kier alpha value is -3.02. The number of rotatable bonds is 6. The lowest BCUT2D eigenvalue weighted by Crippen LogP contribution is -2.00. The summed E-state index contributed by atoms with van der Waals surface area (Å²) in [4.78, 5) is 11.1. The van der Waals surface area contributed by atoms with Gasteiger partial charge in [-0.25, -0.2) is 9.48 Å². The van der Waals surface area contributed by atoms with Crippen molar-refractivity contribution in [1.29, 1.82) is 0 Å². The molecular weight excluding hydrogens is 320 g/mol. The SMILES string of the molecule is COc1ccc(/C(C=C(C)C)=C/n2nc(C(=O)O)cc2C)cc1OC. The van der Waals surface area contributed by atoms with Crippen LogP contribution in [0.1, 0.15) is 35.6 Å². The normalized spacial score (nSPS) is 11.2. The molecule has 2 rings (SSSR count). The first kappa shape index (κ1) is 18.3. The number of aromatic nitrogens is 2. The van der Waals surface area contributed by atoms with Crippen LogP contribution in [0.3, 0.4) is 0 Å². The number of aromatic carboxylic acids is 1. The molecule has 6 heteroatoms. The number of carboxylic acids is 1. The molecule has 0 aliphatic rings. The van der Waals surface area contributed by atoms with Crippen LogP contribution in [0.25, 0.3) is 11.8 Å². The van der Waals surface area contributed by atoms with Crippen LogP contribution in [0.15, 0.2) is 35.9 Å². The Bertz CT molecular complexity index is 843. The summed E-state index contributed by atoms with van der Waals surface area (Å²) >= 11 is 0. The van der Waals surface area contributed by atoms with Gasteiger partial charge < -0.3 is 14.6 Å². The second-order valence-corrected chi connectivity index (χ2v) is 5.80. The largest absolute Gasteiger partial charge is 0.493 e. The second kappa shape index (κ2) is 7.70. The highest BCUT2D eigenvalue weighted by molar-refractivity contribution is 5.87. The molecule has 1 aromatic carbocycles. The monoisotopic (exact) mass is 342 g/mol. The number of hydrogen-bond acceptors (Lipinski definition) is 4. The molecule has 1 aromatic heterocycles. The first-order valence-corrected chi connectivity index (χ1v) is 7.74. The van der Waals surface area contributed by atoms with Gasteiger partial charge in [0, 0.05) is 17.5 Å². The Kier molecular flexibility index (Phi) is 5.64. The average molecular weight is 342 g/mol. The van der Waals surface area contributed by atoms with Gasteiger partial charge in [0.25, 0.3) is 0 Å². The summed E-state index contributed by atoms with van der Waals surface area (Å²) in [5.74, 6) is 0.216. The maximum atomic E-state index is 11.1. The van der Waals surface area contributed by atoms with Gasteiger partial charge in [-0.3, -0.25) is 0 Å². The molecule has 0 aliphatic carbocycles. The molecule has 2 aromatic rings. The van der Waals surface area contributed by atoms with Crippen LogP contribution in [0.2, 0.25) is 0 Å². The van der Waals surface area contributed by atoms with Gasteiger partial charge in [0.1, 0.15) is 0 Å². The molecule has 0 bridgehead atoms. The third-order valence-electron chi connectivity index (χ3n) is 3.56. The highest BCUT2D eigenvalue weighted by Gasteiger charge is 2.11. The summed E-state index contributed by atoms with van der Waals surface area (Å²) < 4.78 is 12.2. The summed E-state index contributed by atoms with van der Waals surface area (Å²) in [6, 6.07) is 7.16. The maximum Gasteiger partial charge on any atom is 0.356 e. The van der Waals surface area contributed by atoms with Gasteiger partial charge in [-0.2, -0.15) is 5.10 Å². The van der Waals surface area contributed by atoms with Crippen LogP contribution in [0.4, 0.5) is 0 Å². The number of nitrogens with zero attached hydrogens (tertiary/aromatic N) is 2. The van der Waals surface area contributed by atoms with Crippen molar-refractivity contribution in [2.45, 2.75) is 20.8 Å². The molecule has 6 nitrogen and oxygen atoms in total. The minimum atomic E-state index is -1.05. The number of carboxylic acid groups (broad SMARTS) is 1. The molecule has 0 atom stereocenters. The molecule has 0 radical (unpaired) electrons. The highest BCUT2D eigenvalue weighted by atomic mass is 16.5. The lowest BCUT2D eigenvalue weighted by molar-refractivity contribution is 0.0690. The molecule has 0 fully saturated rings. The van der Waals surface area contributed by atoms with Gasteiger partial charge in [0.2, 0.25) is 0 Å². The third-order valence-corrected chi connectivity index (χ3v) is 3.56. The van der Waals surface area contributed by atoms with E-state index in [0.717, 1.165) is 22.4 Å². The number of ether oxygens (including phenoxy) is 2. The molecule has 25 heavy (non-hydrogen) atoms. The zero-order chi connectivity index (χ0) is 18.6. The quantitative estimate of drug-likeness (QED) is 0.807. The molecule has 0 aliphatic heterocycles. The van der Waals surface area contributed by atoms with Crippen LogP contribution in [0, 0.1) is 6.92 Å². The topological polar surface area (TPSA) is 73.6 Å². The van der Waals surface area contributed by atoms with E-state index in [1.54, 1.807) is 25.1 Å². The standard InChI is InChI=1S/C19H22N2O4/c1-12(2)8-15(11-21-13(3)9-16(20-21)19(22)23)14-6-7-17(24-4)18(10-14)25-5/h6-11H,1-5H3,(H,22,23)/b15-11+. The Morgan fingerprint density at radius 3 is 2.36 bits per heavy atom. The Labute approximate surface area is 147 Å². The molecule has 1 N–H and O–H groups in total. The van der Waals surface area contributed by atoms with Gasteiger partial charge in [-0.05, 0) is 44.5 Å². The van der Waals surface area contributed by atoms with E-state index in [9.17, 15) is 4.79 Å². The fourth-order valence-electron chi connectivity index (χ4n) is 2.38. The number of aryl methyl sites for hydroxylation is 1. The van der Waals surface area contributed by atoms with Gasteiger partial charge in [-0.1, -0.05) is 17.7 Å². The lowest BCUT2D eigenvalue weighted by Gasteiger charge is -2.11. The van der Waals surface area contributed by atoms with Crippen molar-refractivity contribution < 1.29 is 19.4 Å². The Balaban J connectivity index is 2.57. The summed E-state index contributed by atoms with van der Waals surface area (Å²) in [6.45, 7) is 5.80. The van der Waals surface area contributed by atoms with Crippen LogP contribution in [-0.2, 0) is 0 Å². The predicted molar refractivity (Wildman–Crippen MR) is 97.1 cm³/mol. The van der Waals surface area contributed by atoms with E-state index in [2.05, 4.69) is 5.10 Å². The first-order valence-electron chi connectivity index (χ1n) is 7.74. The van der Waals surface area contributed by atoms with Crippen molar-refractivity contribution in [3.05, 3.63) is 52.9 Å². The molecule has 0 unspecified atom stereocenters. The van der Waals surface area contributed by atoms with Crippen molar-refractivity contribution in [2.75, 3.05) is 14.2 Å². The smallest absolute Gasteiger partial charge is 0.356 e. The zero-order valence-corrected chi connectivity index (χ0v) is 15.0. The van der Waals surface area contributed by atoms with Crippen LogP contribution < -0.4 is 9.47 Å². The van der Waals surface area contributed by atoms with E-state index in [4.69, 9.17) is 14.6 Å². The maximum absolute atomic E-state index is 11.1. The van der Waals surface area contributed by atoms with Crippen molar-refractivity contribution in [2.24, 2.45) is 0 Å². The second-order valence-electron chi connectivity index (χ2n) is 5.80. The molecule has 0 amide bonds. The van der Waals surface area contributed by atoms with E-state index in [0.29, 0.717) is 11.5 Å². The highest BCUT2D eigenvalue weighted by Crippen LogP contribution is 2.31. The van der Waals surface area contributed by atoms with E-state index < -0.39 is 5.97 Å². The van der Waals surface area contributed by atoms with Gasteiger partial charge in [0.05, 0.1) is 14.2 Å². The van der Waals surface area contributed by atoms with Crippen molar-refractivity contribution in [3.8, 4) is 11.5 Å². The summed E-state index contributed by atoms with van der Waals surface area (Å²) in [5, 5.41) is 13.2. The number of benzene rings is 1. The van der Waals surface area contributed by atoms with Crippen LogP contribution in [-0.4, -0.2) is 35.1 Å². The summed E-state index contributed by atoms with van der Waals surface area (Å²) in [7, 11) is 3.17. The molecule has 0 spiro atoms. The van der Waals surface area contributed by atoms with Gasteiger partial charge in [-0.15, -0.1) is 0 Å². The average Bonchev–Trinajstić information content (AvgIpc) is 2.94. The van der Waals surface area contributed by atoms with E-state index >= 15 is 0 Å². The molecular formula is C19H22N2O4. The Morgan fingerprint density at radius 1 is 1.16 bits per heavy atom. The van der Waals surface area contributed by atoms with Gasteiger partial charge in [0.15, 0.2) is 17.2 Å². The molecule has 1 heterocycles. The summed E-state index contributed by atoms with van der Waals surface area (Å²) in [6.07, 6.45) is 3.80. The van der Waals surface area contributed by atoms with Gasteiger partial charge >= 0.3 is 5.97 Å². The van der Waals surface area contributed by atoms with Crippen LogP contribution >= 0.6 is 0 Å². The number of carbonyl (C=O) groups is 1. The first-order chi connectivity index (χ1) is 11.8. The van der Waals surface area contributed by atoms with Crippen LogP contribution in [0.5, 0.6) is 11.5 Å². The lowest BCUT2D eigenvalue weighted by atomic mass is 10.0. The number of hydrogen-bond donors (Lipinski definition) is 1. The Morgan fingerprint density at radius 2 is 1.84 bits per heavy atom. The molecule has 132 valence electrons. The minimum Gasteiger partial charge on any atom is -0.493 e. The van der Waals surface area contributed by atoms with E-state index in [-0.39, 0.29) is 5.69 Å². The number of allylic oxidation sites excluding steroid dienone is 3. The third kappa shape index (κ3) is 4.29.